The average molecular weight is 352 g/mol. The number of ketones is 1. The smallest absolute Gasteiger partial charge is 0.228 e. The molecular formula is C16H17FN2O4S. The third-order valence-corrected chi connectivity index (χ3v) is 5.90. The molecule has 1 fully saturated rings. The van der Waals surface area contributed by atoms with Gasteiger partial charge >= 0.3 is 0 Å². The molecule has 0 atom stereocenters. The van der Waals surface area contributed by atoms with Gasteiger partial charge in [0.05, 0.1) is 23.7 Å². The normalized spacial score (nSPS) is 19.1. The highest BCUT2D eigenvalue weighted by Gasteiger charge is 2.36. The van der Waals surface area contributed by atoms with Gasteiger partial charge in [-0.1, -0.05) is 0 Å². The maximum atomic E-state index is 13.0. The van der Waals surface area contributed by atoms with Crippen LogP contribution in [0.5, 0.6) is 0 Å². The summed E-state index contributed by atoms with van der Waals surface area (Å²) in [4.78, 5) is 16.5. The molecule has 128 valence electrons. The number of nitrogens with zero attached hydrogens (tertiary/aromatic N) is 2. The molecule has 1 N–H and O–H groups in total. The Morgan fingerprint density at radius 2 is 1.88 bits per heavy atom. The Hall–Kier alpha value is -2.06. The molecule has 1 saturated heterocycles. The molecule has 2 heterocycles. The quantitative estimate of drug-likeness (QED) is 0.835. The fraction of sp³-hybridized carbons (Fsp3) is 0.375. The summed E-state index contributed by atoms with van der Waals surface area (Å²) in [6.45, 7) is 0.0881. The summed E-state index contributed by atoms with van der Waals surface area (Å²) < 4.78 is 37.5. The van der Waals surface area contributed by atoms with Gasteiger partial charge < -0.3 is 9.67 Å². The average Bonchev–Trinajstić information content (AvgIpc) is 2.99. The predicted molar refractivity (Wildman–Crippen MR) is 84.9 cm³/mol. The molecule has 0 unspecified atom stereocenters. The predicted octanol–water partition coefficient (Wildman–Crippen LogP) is 1.19. The van der Waals surface area contributed by atoms with E-state index in [1.807, 2.05) is 0 Å². The van der Waals surface area contributed by atoms with Crippen molar-refractivity contribution in [2.45, 2.75) is 25.0 Å². The molecule has 0 radical (unpaired) electrons. The standard InChI is InChI=1S/C16H17FN2O4S/c17-13-3-1-12(2-4-13)14(20)15-18-7-8-19(15)11-16(21)5-9-24(22,23)10-6-16/h1-4,7-8,21H,5-6,9-11H2. The summed E-state index contributed by atoms with van der Waals surface area (Å²) in [6.07, 6.45) is 3.26. The first-order valence-corrected chi connectivity index (χ1v) is 9.34. The van der Waals surface area contributed by atoms with E-state index in [1.165, 1.54) is 35.0 Å². The van der Waals surface area contributed by atoms with E-state index >= 15 is 0 Å². The summed E-state index contributed by atoms with van der Waals surface area (Å²) in [5, 5.41) is 10.6. The lowest BCUT2D eigenvalue weighted by Gasteiger charge is -2.32. The van der Waals surface area contributed by atoms with Crippen LogP contribution in [0.25, 0.3) is 0 Å². The van der Waals surface area contributed by atoms with Crippen LogP contribution in [-0.2, 0) is 16.4 Å². The molecule has 1 aromatic heterocycles. The molecule has 24 heavy (non-hydrogen) atoms. The second-order valence-electron chi connectivity index (χ2n) is 6.09. The Morgan fingerprint density at radius 1 is 1.25 bits per heavy atom. The van der Waals surface area contributed by atoms with E-state index in [9.17, 15) is 22.7 Å². The van der Waals surface area contributed by atoms with Crippen molar-refractivity contribution in [3.63, 3.8) is 0 Å². The Balaban J connectivity index is 1.80. The maximum Gasteiger partial charge on any atom is 0.228 e. The molecule has 1 aromatic carbocycles. The molecular weight excluding hydrogens is 335 g/mol. The van der Waals surface area contributed by atoms with Gasteiger partial charge in [0.2, 0.25) is 5.78 Å². The van der Waals surface area contributed by atoms with Crippen molar-refractivity contribution in [2.24, 2.45) is 0 Å². The summed E-state index contributed by atoms with van der Waals surface area (Å²) in [6, 6.07) is 5.14. The fourth-order valence-corrected chi connectivity index (χ4v) is 4.36. The zero-order chi connectivity index (χ0) is 17.4. The highest BCUT2D eigenvalue weighted by molar-refractivity contribution is 7.91. The minimum atomic E-state index is -3.09. The molecule has 3 rings (SSSR count). The van der Waals surface area contributed by atoms with Gasteiger partial charge in [-0.2, -0.15) is 0 Å². The molecule has 1 aliphatic rings. The van der Waals surface area contributed by atoms with Crippen LogP contribution in [0, 0.1) is 5.82 Å². The van der Waals surface area contributed by atoms with Crippen LogP contribution >= 0.6 is 0 Å². The molecule has 0 spiro atoms. The monoisotopic (exact) mass is 352 g/mol. The number of halogens is 1. The van der Waals surface area contributed by atoms with Crippen molar-refractivity contribution < 1.29 is 22.7 Å². The molecule has 0 aliphatic carbocycles. The SMILES string of the molecule is O=C(c1ccc(F)cc1)c1nccn1CC1(O)CCS(=O)(=O)CC1. The number of hydrogen-bond donors (Lipinski definition) is 1. The lowest BCUT2D eigenvalue weighted by atomic mass is 9.96. The van der Waals surface area contributed by atoms with Crippen LogP contribution in [0.1, 0.15) is 29.0 Å². The zero-order valence-corrected chi connectivity index (χ0v) is 13.7. The zero-order valence-electron chi connectivity index (χ0n) is 12.9. The number of aromatic nitrogens is 2. The molecule has 0 amide bonds. The number of imidazole rings is 1. The minimum Gasteiger partial charge on any atom is -0.388 e. The number of rotatable bonds is 4. The molecule has 2 aromatic rings. The third kappa shape index (κ3) is 3.54. The Kier molecular flexibility index (Phi) is 4.27. The summed E-state index contributed by atoms with van der Waals surface area (Å²) >= 11 is 0. The highest BCUT2D eigenvalue weighted by atomic mass is 32.2. The van der Waals surface area contributed by atoms with Gasteiger partial charge in [-0.3, -0.25) is 4.79 Å². The van der Waals surface area contributed by atoms with Gasteiger partial charge in [0.25, 0.3) is 0 Å². The maximum absolute atomic E-state index is 13.0. The molecule has 0 bridgehead atoms. The molecule has 0 saturated carbocycles. The number of aliphatic hydroxyl groups is 1. The van der Waals surface area contributed by atoms with E-state index in [4.69, 9.17) is 0 Å². The first-order chi connectivity index (χ1) is 11.3. The number of carbonyl (C=O) groups excluding carboxylic acids is 1. The number of benzene rings is 1. The lowest BCUT2D eigenvalue weighted by molar-refractivity contribution is 0.0127. The van der Waals surface area contributed by atoms with Crippen LogP contribution in [0.15, 0.2) is 36.7 Å². The Bertz CT molecular complexity index is 844. The van der Waals surface area contributed by atoms with Crippen molar-refractivity contribution in [1.29, 1.82) is 0 Å². The van der Waals surface area contributed by atoms with Crippen molar-refractivity contribution in [1.82, 2.24) is 9.55 Å². The van der Waals surface area contributed by atoms with Gasteiger partial charge in [-0.05, 0) is 37.1 Å². The van der Waals surface area contributed by atoms with Crippen LogP contribution in [0.4, 0.5) is 4.39 Å². The van der Waals surface area contributed by atoms with E-state index in [1.54, 1.807) is 6.20 Å². The van der Waals surface area contributed by atoms with Crippen LogP contribution in [-0.4, -0.2) is 46.0 Å². The van der Waals surface area contributed by atoms with E-state index in [0.717, 1.165) is 0 Å². The summed E-state index contributed by atoms with van der Waals surface area (Å²) in [5.74, 6) is -0.832. The Morgan fingerprint density at radius 3 is 2.50 bits per heavy atom. The third-order valence-electron chi connectivity index (χ3n) is 4.25. The second kappa shape index (κ2) is 6.10. The van der Waals surface area contributed by atoms with Gasteiger partial charge in [-0.25, -0.2) is 17.8 Å². The van der Waals surface area contributed by atoms with E-state index in [-0.39, 0.29) is 42.5 Å². The second-order valence-corrected chi connectivity index (χ2v) is 8.39. The van der Waals surface area contributed by atoms with Crippen molar-refractivity contribution in [3.05, 3.63) is 53.9 Å². The largest absolute Gasteiger partial charge is 0.388 e. The first-order valence-electron chi connectivity index (χ1n) is 7.52. The fourth-order valence-electron chi connectivity index (χ4n) is 2.77. The van der Waals surface area contributed by atoms with Crippen LogP contribution in [0.2, 0.25) is 0 Å². The van der Waals surface area contributed by atoms with Crippen molar-refractivity contribution in [2.75, 3.05) is 11.5 Å². The van der Waals surface area contributed by atoms with Crippen molar-refractivity contribution in [3.8, 4) is 0 Å². The van der Waals surface area contributed by atoms with Gasteiger partial charge in [0.1, 0.15) is 5.82 Å². The lowest BCUT2D eigenvalue weighted by Crippen LogP contribution is -2.43. The number of carbonyl (C=O) groups is 1. The van der Waals surface area contributed by atoms with Crippen LogP contribution in [0.3, 0.4) is 0 Å². The molecule has 1 aliphatic heterocycles. The van der Waals surface area contributed by atoms with Gasteiger partial charge in [0.15, 0.2) is 15.7 Å². The topological polar surface area (TPSA) is 89.3 Å². The van der Waals surface area contributed by atoms with Crippen molar-refractivity contribution >= 4 is 15.6 Å². The summed E-state index contributed by atoms with van der Waals surface area (Å²) in [5.41, 5.74) is -0.897. The highest BCUT2D eigenvalue weighted by Crippen LogP contribution is 2.26. The Labute approximate surface area is 138 Å². The van der Waals surface area contributed by atoms with E-state index in [0.29, 0.717) is 5.56 Å². The van der Waals surface area contributed by atoms with E-state index in [2.05, 4.69) is 4.98 Å². The number of sulfone groups is 1. The van der Waals surface area contributed by atoms with Gasteiger partial charge in [-0.15, -0.1) is 0 Å². The molecule has 8 heteroatoms. The first kappa shape index (κ1) is 16.8. The van der Waals surface area contributed by atoms with Gasteiger partial charge in [0, 0.05) is 18.0 Å². The minimum absolute atomic E-state index is 0.0700. The van der Waals surface area contributed by atoms with E-state index < -0.39 is 21.3 Å². The molecule has 6 nitrogen and oxygen atoms in total. The number of hydrogen-bond acceptors (Lipinski definition) is 5. The van der Waals surface area contributed by atoms with Crippen LogP contribution < -0.4 is 0 Å². The summed E-state index contributed by atoms with van der Waals surface area (Å²) in [7, 11) is -3.09.